The number of hydrogen-bond acceptors (Lipinski definition) is 5. The fraction of sp³-hybridized carbons (Fsp3) is 0.500. The number of aromatic nitrogens is 2. The third-order valence-electron chi connectivity index (χ3n) is 19.0. The summed E-state index contributed by atoms with van der Waals surface area (Å²) in [6.07, 6.45) is 25.5. The average Bonchev–Trinajstić information content (AvgIpc) is 1.74. The number of hydrogen-bond donors (Lipinski definition) is 0. The average molecular weight is 1200 g/mol. The van der Waals surface area contributed by atoms with Gasteiger partial charge in [-0.05, 0) is 169 Å². The lowest BCUT2D eigenvalue weighted by molar-refractivity contribution is -0.870. The van der Waals surface area contributed by atoms with Gasteiger partial charge in [0.05, 0.1) is 122 Å². The standard InChI is InChI=1S/C76H104N6S3/c1-79(2,3)51-29-17-13-25-47-75(48-26-14-18-30-52-80(4,5)6)65-35-23-21-33-59(65)61-39-37-57(55-67(61)75)69-43-45-71(83-69)63-41-42-64(74-73(63)77-85-78-74)72-46-44-70(84-72)58-38-40-62-60-34-22-24-36-66(60)76(68(62)56-58,49-27-15-19-31-53-81(7,8)9)50-28-16-20-32-54-82(10,11)12/h21-24,33-46,55-56H,13-20,25-32,47-54H2,1-12H3/q+4. The first-order chi connectivity index (χ1) is 40.6. The Morgan fingerprint density at radius 2 is 0.588 bits per heavy atom. The number of rotatable bonds is 32. The molecule has 0 bridgehead atoms. The summed E-state index contributed by atoms with van der Waals surface area (Å²) in [5.41, 5.74) is 19.1. The summed E-state index contributed by atoms with van der Waals surface area (Å²) in [7, 11) is 27.9. The molecule has 2 aliphatic rings. The summed E-state index contributed by atoms with van der Waals surface area (Å²) in [6.45, 7) is 4.96. The summed E-state index contributed by atoms with van der Waals surface area (Å²) >= 11 is 5.15. The Hall–Kier alpha value is -4.84. The molecular formula is C76H104N6S3+4. The van der Waals surface area contributed by atoms with Crippen LogP contribution in [-0.4, -0.2) is 137 Å². The first kappa shape index (κ1) is 63.2. The van der Waals surface area contributed by atoms with E-state index in [1.54, 1.807) is 22.3 Å². The van der Waals surface area contributed by atoms with E-state index in [1.807, 2.05) is 22.7 Å². The summed E-state index contributed by atoms with van der Waals surface area (Å²) in [4.78, 5) is 5.14. The fourth-order valence-electron chi connectivity index (χ4n) is 14.6. The minimum Gasteiger partial charge on any atom is -0.331 e. The molecule has 0 atom stereocenters. The number of quaternary nitrogens is 4. The Labute approximate surface area is 526 Å². The largest absolute Gasteiger partial charge is 0.331 e. The van der Waals surface area contributed by atoms with Crippen LogP contribution in [0.1, 0.15) is 151 Å². The predicted molar refractivity (Wildman–Crippen MR) is 371 cm³/mol. The van der Waals surface area contributed by atoms with Crippen LogP contribution < -0.4 is 0 Å². The minimum absolute atomic E-state index is 0.0329. The monoisotopic (exact) mass is 1200 g/mol. The van der Waals surface area contributed by atoms with E-state index >= 15 is 0 Å². The second-order valence-electron chi connectivity index (χ2n) is 29.9. The lowest BCUT2D eigenvalue weighted by atomic mass is 9.70. The maximum Gasteiger partial charge on any atom is 0.114 e. The summed E-state index contributed by atoms with van der Waals surface area (Å²) in [5, 5.41) is 0. The van der Waals surface area contributed by atoms with Crippen LogP contribution in [0.4, 0.5) is 0 Å². The molecule has 9 heteroatoms. The van der Waals surface area contributed by atoms with Gasteiger partial charge in [0.2, 0.25) is 0 Å². The fourth-order valence-corrected chi connectivity index (χ4v) is 17.2. The Morgan fingerprint density at radius 1 is 0.294 bits per heavy atom. The minimum atomic E-state index is 0.0329. The molecule has 0 aliphatic heterocycles. The first-order valence-corrected chi connectivity index (χ1v) is 35.2. The highest BCUT2D eigenvalue weighted by Crippen LogP contribution is 2.57. The molecule has 0 spiro atoms. The van der Waals surface area contributed by atoms with Gasteiger partial charge in [-0.3, -0.25) is 0 Å². The molecule has 0 unspecified atom stereocenters. The van der Waals surface area contributed by atoms with Gasteiger partial charge >= 0.3 is 0 Å². The molecule has 85 heavy (non-hydrogen) atoms. The smallest absolute Gasteiger partial charge is 0.114 e. The van der Waals surface area contributed by atoms with Crippen molar-refractivity contribution in [2.75, 3.05) is 111 Å². The highest BCUT2D eigenvalue weighted by Gasteiger charge is 2.44. The second kappa shape index (κ2) is 26.9. The van der Waals surface area contributed by atoms with Gasteiger partial charge in [-0.15, -0.1) is 22.7 Å². The zero-order valence-electron chi connectivity index (χ0n) is 54.4. The summed E-state index contributed by atoms with van der Waals surface area (Å²) in [6, 6.07) is 47.9. The highest BCUT2D eigenvalue weighted by atomic mass is 32.1. The van der Waals surface area contributed by atoms with Gasteiger partial charge < -0.3 is 17.9 Å². The van der Waals surface area contributed by atoms with Crippen LogP contribution in [0.2, 0.25) is 0 Å². The normalized spacial score (nSPS) is 14.5. The third-order valence-corrected chi connectivity index (χ3v) is 21.9. The Kier molecular flexibility index (Phi) is 20.0. The van der Waals surface area contributed by atoms with Crippen molar-refractivity contribution < 1.29 is 17.9 Å². The number of benzene rings is 5. The topological polar surface area (TPSA) is 25.8 Å². The van der Waals surface area contributed by atoms with E-state index in [0.29, 0.717) is 0 Å². The van der Waals surface area contributed by atoms with Crippen molar-refractivity contribution in [2.24, 2.45) is 0 Å². The van der Waals surface area contributed by atoms with Crippen LogP contribution in [0.3, 0.4) is 0 Å². The first-order valence-electron chi connectivity index (χ1n) is 32.8. The third kappa shape index (κ3) is 15.2. The molecule has 0 amide bonds. The number of fused-ring (bicyclic) bond motifs is 7. The zero-order chi connectivity index (χ0) is 60.0. The van der Waals surface area contributed by atoms with Crippen LogP contribution in [0.5, 0.6) is 0 Å². The SMILES string of the molecule is C[N+](C)(C)CCCCCCC1(CCCCCC[N+](C)(C)C)c2ccccc2-c2ccc(-c3ccc(-c4ccc(-c5ccc(-c6ccc7c(c6)C(CCCCCC[N+](C)(C)C)(CCCCCC[N+](C)(C)C)c6ccccc6-7)s5)c5nsnc45)s3)cc21. The van der Waals surface area contributed by atoms with Crippen molar-refractivity contribution in [3.63, 3.8) is 0 Å². The van der Waals surface area contributed by atoms with Gasteiger partial charge in [-0.2, -0.15) is 8.75 Å². The predicted octanol–water partition coefficient (Wildman–Crippen LogP) is 19.6. The molecule has 0 fully saturated rings. The number of thiophene rings is 2. The molecule has 8 aromatic rings. The van der Waals surface area contributed by atoms with Crippen LogP contribution in [0, 0.1) is 0 Å². The molecule has 0 radical (unpaired) electrons. The van der Waals surface area contributed by atoms with E-state index < -0.39 is 0 Å². The molecular weight excluding hydrogens is 1090 g/mol. The summed E-state index contributed by atoms with van der Waals surface area (Å²) < 4.78 is 14.3. The molecule has 0 saturated heterocycles. The lowest BCUT2D eigenvalue weighted by Gasteiger charge is -2.33. The van der Waals surface area contributed by atoms with E-state index in [9.17, 15) is 0 Å². The van der Waals surface area contributed by atoms with E-state index in [4.69, 9.17) is 8.75 Å². The second-order valence-corrected chi connectivity index (χ2v) is 32.6. The van der Waals surface area contributed by atoms with Gasteiger partial charge in [0, 0.05) is 41.5 Å². The van der Waals surface area contributed by atoms with Crippen molar-refractivity contribution in [1.29, 1.82) is 0 Å². The van der Waals surface area contributed by atoms with Gasteiger partial charge in [0.15, 0.2) is 0 Å². The van der Waals surface area contributed by atoms with Crippen molar-refractivity contribution in [3.05, 3.63) is 144 Å². The van der Waals surface area contributed by atoms with Crippen LogP contribution >= 0.6 is 34.4 Å². The van der Waals surface area contributed by atoms with Gasteiger partial charge in [-0.25, -0.2) is 0 Å². The van der Waals surface area contributed by atoms with Crippen molar-refractivity contribution in [3.8, 4) is 64.0 Å². The maximum atomic E-state index is 5.05. The van der Waals surface area contributed by atoms with E-state index in [-0.39, 0.29) is 10.8 Å². The zero-order valence-corrected chi connectivity index (χ0v) is 56.9. The van der Waals surface area contributed by atoms with Crippen molar-refractivity contribution in [2.45, 2.75) is 139 Å². The maximum absolute atomic E-state index is 5.05. The molecule has 3 heterocycles. The summed E-state index contributed by atoms with van der Waals surface area (Å²) in [5.74, 6) is 0. The number of unbranched alkanes of at least 4 members (excludes halogenated alkanes) is 12. The van der Waals surface area contributed by atoms with Crippen molar-refractivity contribution >= 4 is 45.4 Å². The lowest BCUT2D eigenvalue weighted by Crippen LogP contribution is -2.35. The number of nitrogens with zero attached hydrogens (tertiary/aromatic N) is 6. The van der Waals surface area contributed by atoms with Gasteiger partial charge in [-0.1, -0.05) is 136 Å². The van der Waals surface area contributed by atoms with Crippen LogP contribution in [0.25, 0.3) is 75.0 Å². The quantitative estimate of drug-likeness (QED) is 0.0310. The molecule has 0 saturated carbocycles. The molecule has 3 aromatic heterocycles. The van der Waals surface area contributed by atoms with Crippen LogP contribution in [0.15, 0.2) is 121 Å². The van der Waals surface area contributed by atoms with E-state index in [2.05, 4.69) is 206 Å². The molecule has 5 aromatic carbocycles. The molecule has 6 nitrogen and oxygen atoms in total. The molecule has 0 N–H and O–H groups in total. The van der Waals surface area contributed by atoms with Crippen molar-refractivity contribution in [1.82, 2.24) is 8.75 Å². The molecule has 2 aliphatic carbocycles. The van der Waals surface area contributed by atoms with E-state index in [1.165, 1.54) is 230 Å². The Balaban J connectivity index is 0.905. The Morgan fingerprint density at radius 3 is 0.929 bits per heavy atom. The van der Waals surface area contributed by atoms with Gasteiger partial charge in [0.25, 0.3) is 0 Å². The molecule has 10 rings (SSSR count). The molecule has 452 valence electrons. The Bertz CT molecular complexity index is 3210. The van der Waals surface area contributed by atoms with Crippen LogP contribution in [-0.2, 0) is 10.8 Å². The highest BCUT2D eigenvalue weighted by molar-refractivity contribution is 7.19. The van der Waals surface area contributed by atoms with Gasteiger partial charge in [0.1, 0.15) is 11.0 Å². The van der Waals surface area contributed by atoms with E-state index in [0.717, 1.165) is 29.0 Å².